The highest BCUT2D eigenvalue weighted by Gasteiger charge is 2.47. The van der Waals surface area contributed by atoms with Crippen LogP contribution in [0.5, 0.6) is 0 Å². The van der Waals surface area contributed by atoms with E-state index in [0.717, 1.165) is 6.54 Å². The Morgan fingerprint density at radius 3 is 2.33 bits per heavy atom. The molecule has 0 aromatic rings. The van der Waals surface area contributed by atoms with Gasteiger partial charge in [-0.05, 0) is 34.9 Å². The van der Waals surface area contributed by atoms with E-state index in [0.29, 0.717) is 19.6 Å². The number of nitrogens with zero attached hydrogens (tertiary/aromatic N) is 2. The van der Waals surface area contributed by atoms with Crippen LogP contribution in [0.15, 0.2) is 0 Å². The van der Waals surface area contributed by atoms with Gasteiger partial charge in [0.25, 0.3) is 0 Å². The predicted molar refractivity (Wildman–Crippen MR) is 79.3 cm³/mol. The fourth-order valence-electron chi connectivity index (χ4n) is 2.26. The Morgan fingerprint density at radius 2 is 1.90 bits per heavy atom. The van der Waals surface area contributed by atoms with Crippen molar-refractivity contribution in [1.29, 1.82) is 0 Å². The summed E-state index contributed by atoms with van der Waals surface area (Å²) in [6, 6.07) is 0. The molecule has 21 heavy (non-hydrogen) atoms. The van der Waals surface area contributed by atoms with Gasteiger partial charge in [0.2, 0.25) is 0 Å². The van der Waals surface area contributed by atoms with Crippen molar-refractivity contribution in [2.75, 3.05) is 40.3 Å². The highest BCUT2D eigenvalue weighted by atomic mass is 16.6. The molecule has 7 nitrogen and oxygen atoms in total. The van der Waals surface area contributed by atoms with Gasteiger partial charge in [0.15, 0.2) is 0 Å². The van der Waals surface area contributed by atoms with E-state index in [-0.39, 0.29) is 6.42 Å². The van der Waals surface area contributed by atoms with Crippen molar-refractivity contribution in [2.45, 2.75) is 38.3 Å². The Labute approximate surface area is 126 Å². The summed E-state index contributed by atoms with van der Waals surface area (Å²) in [4.78, 5) is 26.5. The molecule has 0 saturated carbocycles. The number of carbonyl (C=O) groups excluding carboxylic acids is 1. The number of hydrogen-bond donors (Lipinski definition) is 2. The molecule has 1 heterocycles. The average Bonchev–Trinajstić information content (AvgIpc) is 2.20. The lowest BCUT2D eigenvalue weighted by atomic mass is 9.86. The van der Waals surface area contributed by atoms with Crippen molar-refractivity contribution >= 4 is 12.1 Å². The molecule has 1 amide bonds. The minimum Gasteiger partial charge on any atom is -0.481 e. The van der Waals surface area contributed by atoms with Gasteiger partial charge in [0.1, 0.15) is 5.60 Å². The second kappa shape index (κ2) is 6.62. The molecular weight excluding hydrogens is 274 g/mol. The molecule has 0 spiro atoms. The minimum atomic E-state index is -0.865. The summed E-state index contributed by atoms with van der Waals surface area (Å²) in [5.41, 5.74) is -1.08. The molecule has 122 valence electrons. The molecule has 1 aliphatic heterocycles. The largest absolute Gasteiger partial charge is 0.481 e. The summed E-state index contributed by atoms with van der Waals surface area (Å²) in [6.45, 7) is 7.65. The van der Waals surface area contributed by atoms with Crippen LogP contribution < -0.4 is 5.32 Å². The number of ether oxygens (including phenoxy) is 1. The number of carboxylic acid groups (broad SMARTS) is 1. The fourth-order valence-corrected chi connectivity index (χ4v) is 2.26. The molecule has 0 aromatic carbocycles. The molecule has 2 N–H and O–H groups in total. The standard InChI is InChI=1S/C14H27N3O4/c1-13(2,3)21-12(20)17-9-14(10-17,8-11(18)19)15-6-7-16(4)5/h15H,6-10H2,1-5H3,(H,18,19). The Balaban J connectivity index is 2.53. The number of carbonyl (C=O) groups is 2. The first-order valence-electron chi connectivity index (χ1n) is 7.12. The summed E-state index contributed by atoms with van der Waals surface area (Å²) in [7, 11) is 3.92. The molecule has 0 atom stereocenters. The maximum absolute atomic E-state index is 11.9. The van der Waals surface area contributed by atoms with Gasteiger partial charge in [0, 0.05) is 26.2 Å². The topological polar surface area (TPSA) is 82.1 Å². The van der Waals surface area contributed by atoms with Gasteiger partial charge in [-0.25, -0.2) is 4.79 Å². The van der Waals surface area contributed by atoms with Crippen LogP contribution in [0, 0.1) is 0 Å². The third kappa shape index (κ3) is 5.89. The van der Waals surface area contributed by atoms with Gasteiger partial charge in [-0.2, -0.15) is 0 Å². The van der Waals surface area contributed by atoms with Crippen molar-refractivity contribution in [3.05, 3.63) is 0 Å². The van der Waals surface area contributed by atoms with E-state index in [2.05, 4.69) is 5.32 Å². The van der Waals surface area contributed by atoms with Gasteiger partial charge in [-0.3, -0.25) is 4.79 Å². The second-order valence-corrected chi connectivity index (χ2v) is 6.92. The Kier molecular flexibility index (Phi) is 5.58. The SMILES string of the molecule is CN(C)CCNC1(CC(=O)O)CN(C(=O)OC(C)(C)C)C1. The van der Waals surface area contributed by atoms with Gasteiger partial charge in [0.05, 0.1) is 12.0 Å². The van der Waals surface area contributed by atoms with Crippen LogP contribution in [0.25, 0.3) is 0 Å². The smallest absolute Gasteiger partial charge is 0.410 e. The van der Waals surface area contributed by atoms with Crippen LogP contribution >= 0.6 is 0 Å². The quantitative estimate of drug-likeness (QED) is 0.748. The summed E-state index contributed by atoms with van der Waals surface area (Å²) in [5.74, 6) is -0.865. The van der Waals surface area contributed by atoms with Crippen molar-refractivity contribution in [3.8, 4) is 0 Å². The monoisotopic (exact) mass is 301 g/mol. The predicted octanol–water partition coefficient (Wildman–Crippen LogP) is 0.602. The second-order valence-electron chi connectivity index (χ2n) is 6.92. The number of likely N-dealkylation sites (tertiary alicyclic amines) is 1. The zero-order valence-corrected chi connectivity index (χ0v) is 13.6. The number of amides is 1. The Morgan fingerprint density at radius 1 is 1.33 bits per heavy atom. The third-order valence-electron chi connectivity index (χ3n) is 3.19. The maximum atomic E-state index is 11.9. The zero-order valence-electron chi connectivity index (χ0n) is 13.6. The van der Waals surface area contributed by atoms with Gasteiger partial charge >= 0.3 is 12.1 Å². The highest BCUT2D eigenvalue weighted by molar-refractivity contribution is 5.73. The van der Waals surface area contributed by atoms with Gasteiger partial charge in [-0.1, -0.05) is 0 Å². The summed E-state index contributed by atoms with van der Waals surface area (Å²) in [6.07, 6.45) is -0.391. The number of likely N-dealkylation sites (N-methyl/N-ethyl adjacent to an activating group) is 1. The molecule has 7 heteroatoms. The van der Waals surface area contributed by atoms with Crippen molar-refractivity contribution in [2.24, 2.45) is 0 Å². The number of aliphatic carboxylic acids is 1. The van der Waals surface area contributed by atoms with E-state index in [9.17, 15) is 9.59 Å². The highest BCUT2D eigenvalue weighted by Crippen LogP contribution is 2.26. The zero-order chi connectivity index (χ0) is 16.3. The molecule has 0 unspecified atom stereocenters. The summed E-state index contributed by atoms with van der Waals surface area (Å²) < 4.78 is 5.29. The van der Waals surface area contributed by atoms with Gasteiger partial charge in [-0.15, -0.1) is 0 Å². The minimum absolute atomic E-state index is 0.000271. The molecule has 0 aliphatic carbocycles. The number of carboxylic acids is 1. The molecule has 0 bridgehead atoms. The van der Waals surface area contributed by atoms with E-state index >= 15 is 0 Å². The van der Waals surface area contributed by atoms with E-state index < -0.39 is 23.2 Å². The van der Waals surface area contributed by atoms with Crippen LogP contribution in [0.4, 0.5) is 4.79 Å². The number of rotatable bonds is 6. The van der Waals surface area contributed by atoms with Crippen LogP contribution in [-0.2, 0) is 9.53 Å². The van der Waals surface area contributed by atoms with Gasteiger partial charge < -0.3 is 25.0 Å². The van der Waals surface area contributed by atoms with E-state index in [1.807, 2.05) is 39.8 Å². The molecule has 1 aliphatic rings. The summed E-state index contributed by atoms with van der Waals surface area (Å²) >= 11 is 0. The third-order valence-corrected chi connectivity index (χ3v) is 3.19. The lowest BCUT2D eigenvalue weighted by Crippen LogP contribution is -2.71. The number of hydrogen-bond acceptors (Lipinski definition) is 5. The van der Waals surface area contributed by atoms with Crippen LogP contribution in [0.3, 0.4) is 0 Å². The number of nitrogens with one attached hydrogen (secondary N) is 1. The van der Waals surface area contributed by atoms with E-state index in [4.69, 9.17) is 9.84 Å². The fraction of sp³-hybridized carbons (Fsp3) is 0.857. The Hall–Kier alpha value is -1.34. The normalized spacial score (nSPS) is 17.5. The lowest BCUT2D eigenvalue weighted by molar-refractivity contribution is -0.141. The maximum Gasteiger partial charge on any atom is 0.410 e. The van der Waals surface area contributed by atoms with Crippen molar-refractivity contribution < 1.29 is 19.4 Å². The van der Waals surface area contributed by atoms with Crippen LogP contribution in [0.2, 0.25) is 0 Å². The molecule has 1 rings (SSSR count). The first-order chi connectivity index (χ1) is 9.53. The van der Waals surface area contributed by atoms with Crippen LogP contribution in [0.1, 0.15) is 27.2 Å². The summed E-state index contributed by atoms with van der Waals surface area (Å²) in [5, 5.41) is 12.3. The first-order valence-corrected chi connectivity index (χ1v) is 7.12. The lowest BCUT2D eigenvalue weighted by Gasteiger charge is -2.50. The van der Waals surface area contributed by atoms with Crippen LogP contribution in [-0.4, -0.2) is 78.4 Å². The molecular formula is C14H27N3O4. The van der Waals surface area contributed by atoms with E-state index in [1.165, 1.54) is 4.90 Å². The Bertz CT molecular complexity index is 384. The van der Waals surface area contributed by atoms with Crippen molar-refractivity contribution in [1.82, 2.24) is 15.1 Å². The first kappa shape index (κ1) is 17.7. The molecule has 0 aromatic heterocycles. The molecule has 0 radical (unpaired) electrons. The molecule has 1 fully saturated rings. The van der Waals surface area contributed by atoms with Crippen molar-refractivity contribution in [3.63, 3.8) is 0 Å². The average molecular weight is 301 g/mol. The van der Waals surface area contributed by atoms with E-state index in [1.54, 1.807) is 0 Å². The molecule has 1 saturated heterocycles.